The zero-order valence-electron chi connectivity index (χ0n) is 15.0. The Balaban J connectivity index is 1.85. The summed E-state index contributed by atoms with van der Waals surface area (Å²) in [4.78, 5) is 11.8. The molecule has 0 fully saturated rings. The lowest BCUT2D eigenvalue weighted by molar-refractivity contribution is -0.134. The number of nitrogens with one attached hydrogen (secondary N) is 2. The largest absolute Gasteiger partial charge is 0.466 e. The fraction of sp³-hybridized carbons (Fsp3) is 0.350. The van der Waals surface area contributed by atoms with Crippen LogP contribution in [0.5, 0.6) is 0 Å². The summed E-state index contributed by atoms with van der Waals surface area (Å²) in [7, 11) is 1.42. The zero-order chi connectivity index (χ0) is 17.6. The van der Waals surface area contributed by atoms with Crippen LogP contribution in [0.2, 0.25) is 0 Å². The van der Waals surface area contributed by atoms with E-state index in [1.165, 1.54) is 37.1 Å². The molecule has 0 aromatic heterocycles. The average molecular weight is 336 g/mol. The molecule has 2 aromatic rings. The molecule has 130 valence electrons. The van der Waals surface area contributed by atoms with Crippen LogP contribution in [0.25, 0.3) is 10.8 Å². The molecule has 3 rings (SSSR count). The number of benzene rings is 2. The summed E-state index contributed by atoms with van der Waals surface area (Å²) in [5.41, 5.74) is 3.23. The lowest BCUT2D eigenvalue weighted by Crippen LogP contribution is -2.39. The van der Waals surface area contributed by atoms with Crippen LogP contribution in [0.15, 0.2) is 47.9 Å². The predicted octanol–water partition coefficient (Wildman–Crippen LogP) is 4.77. The molecule has 2 aromatic carbocycles. The van der Waals surface area contributed by atoms with E-state index < -0.39 is 0 Å². The molecule has 4 nitrogen and oxygen atoms in total. The van der Waals surface area contributed by atoms with Gasteiger partial charge >= 0.3 is 13.0 Å². The summed E-state index contributed by atoms with van der Waals surface area (Å²) in [6.07, 6.45) is 7.17. The van der Waals surface area contributed by atoms with E-state index in [1.807, 2.05) is 0 Å². The maximum Gasteiger partial charge on any atom is 0.402 e. The topological polar surface area (TPSA) is 50.4 Å². The molecule has 0 atom stereocenters. The molecule has 0 radical (unpaired) electrons. The van der Waals surface area contributed by atoms with Gasteiger partial charge in [0, 0.05) is 22.8 Å². The fourth-order valence-corrected chi connectivity index (χ4v) is 3.38. The van der Waals surface area contributed by atoms with Crippen LogP contribution in [0.1, 0.15) is 39.0 Å². The Bertz CT molecular complexity index is 748. The number of rotatable bonds is 7. The fourth-order valence-electron chi connectivity index (χ4n) is 3.38. The average Bonchev–Trinajstić information content (AvgIpc) is 2.64. The number of hydrogen-bond acceptors (Lipinski definition) is 4. The molecule has 0 bridgehead atoms. The van der Waals surface area contributed by atoms with E-state index in [0.717, 1.165) is 29.7 Å². The number of allylic oxidation sites excluding steroid dienone is 1. The van der Waals surface area contributed by atoms with E-state index >= 15 is 0 Å². The Hall–Kier alpha value is -2.43. The van der Waals surface area contributed by atoms with Crippen molar-refractivity contribution in [2.45, 2.75) is 39.0 Å². The van der Waals surface area contributed by atoms with Crippen molar-refractivity contribution in [3.05, 3.63) is 47.9 Å². The van der Waals surface area contributed by atoms with Crippen LogP contribution in [-0.4, -0.2) is 20.1 Å². The third kappa shape index (κ3) is 3.98. The van der Waals surface area contributed by atoms with Gasteiger partial charge in [0.25, 0.3) is 0 Å². The summed E-state index contributed by atoms with van der Waals surface area (Å²) < 4.78 is 4.86. The third-order valence-electron chi connectivity index (χ3n) is 4.70. The van der Waals surface area contributed by atoms with E-state index in [4.69, 9.17) is 4.74 Å². The van der Waals surface area contributed by atoms with Crippen LogP contribution in [0, 0.1) is 0 Å². The van der Waals surface area contributed by atoms with Crippen molar-refractivity contribution < 1.29 is 9.53 Å². The third-order valence-corrected chi connectivity index (χ3v) is 4.70. The van der Waals surface area contributed by atoms with Gasteiger partial charge in [0.05, 0.1) is 7.11 Å². The first kappa shape index (κ1) is 17.4. The number of carbonyl (C=O) groups is 1. The van der Waals surface area contributed by atoms with Crippen LogP contribution < -0.4 is 10.5 Å². The molecule has 1 heterocycles. The maximum absolute atomic E-state index is 11.8. The van der Waals surface area contributed by atoms with E-state index in [0.29, 0.717) is 0 Å². The molecule has 0 saturated heterocycles. The Kier molecular flexibility index (Phi) is 5.64. The molecule has 1 aliphatic rings. The van der Waals surface area contributed by atoms with E-state index in [-0.39, 0.29) is 13.0 Å². The highest BCUT2D eigenvalue weighted by atomic mass is 16.5. The van der Waals surface area contributed by atoms with Gasteiger partial charge in [0.1, 0.15) is 0 Å². The molecule has 25 heavy (non-hydrogen) atoms. The Morgan fingerprint density at radius 3 is 2.36 bits per heavy atom. The number of carbonyl (C=O) groups excluding carboxylic acids is 1. The summed E-state index contributed by atoms with van der Waals surface area (Å²) in [6.45, 7) is 2.11. The standard InChI is InChI=1S/C20H25BN2O2/c1-3-4-5-6-11-16(14-19(24)25-2)21-22-17-12-7-9-15-10-8-13-18(23-21)20(15)17/h7-10,12-14,22-23H,3-6,11H2,1-2H3/b16-14+. The molecule has 2 N–H and O–H groups in total. The minimum Gasteiger partial charge on any atom is -0.466 e. The highest BCUT2D eigenvalue weighted by Gasteiger charge is 2.27. The second-order valence-electron chi connectivity index (χ2n) is 6.48. The van der Waals surface area contributed by atoms with Crippen molar-refractivity contribution in [1.29, 1.82) is 0 Å². The van der Waals surface area contributed by atoms with Gasteiger partial charge < -0.3 is 15.2 Å². The first-order valence-corrected chi connectivity index (χ1v) is 9.06. The van der Waals surface area contributed by atoms with Crippen LogP contribution in [0.3, 0.4) is 0 Å². The molecular formula is C20H25BN2O2. The van der Waals surface area contributed by atoms with Gasteiger partial charge in [-0.1, -0.05) is 56.9 Å². The second-order valence-corrected chi connectivity index (χ2v) is 6.48. The summed E-state index contributed by atoms with van der Waals surface area (Å²) in [6, 6.07) is 12.5. The van der Waals surface area contributed by atoms with Crippen LogP contribution in [0.4, 0.5) is 11.4 Å². The van der Waals surface area contributed by atoms with Gasteiger partial charge in [-0.25, -0.2) is 4.79 Å². The molecule has 0 aliphatic carbocycles. The van der Waals surface area contributed by atoms with Gasteiger partial charge in [-0.3, -0.25) is 0 Å². The normalized spacial score (nSPS) is 13.4. The van der Waals surface area contributed by atoms with Crippen molar-refractivity contribution in [2.24, 2.45) is 0 Å². The van der Waals surface area contributed by atoms with E-state index in [9.17, 15) is 4.79 Å². The lowest BCUT2D eigenvalue weighted by atomic mass is 9.63. The molecule has 0 unspecified atom stereocenters. The molecule has 1 aliphatic heterocycles. The summed E-state index contributed by atoms with van der Waals surface area (Å²) in [5.74, 6) is -0.300. The molecule has 0 amide bonds. The van der Waals surface area contributed by atoms with E-state index in [2.05, 4.69) is 53.8 Å². The highest BCUT2D eigenvalue weighted by Crippen LogP contribution is 2.35. The number of hydrogen-bond donors (Lipinski definition) is 2. The highest BCUT2D eigenvalue weighted by molar-refractivity contribution is 6.74. The van der Waals surface area contributed by atoms with Crippen LogP contribution >= 0.6 is 0 Å². The first-order chi connectivity index (χ1) is 12.2. The first-order valence-electron chi connectivity index (χ1n) is 9.06. The smallest absolute Gasteiger partial charge is 0.402 e. The number of esters is 1. The zero-order valence-corrected chi connectivity index (χ0v) is 15.0. The molecule has 0 saturated carbocycles. The summed E-state index contributed by atoms with van der Waals surface area (Å²) >= 11 is 0. The second kappa shape index (κ2) is 8.10. The summed E-state index contributed by atoms with van der Waals surface area (Å²) in [5, 5.41) is 9.49. The van der Waals surface area contributed by atoms with Gasteiger partial charge in [0.2, 0.25) is 0 Å². The minimum atomic E-state index is -0.300. The van der Waals surface area contributed by atoms with Crippen molar-refractivity contribution in [1.82, 2.24) is 0 Å². The van der Waals surface area contributed by atoms with Crippen molar-refractivity contribution in [3.8, 4) is 0 Å². The Morgan fingerprint density at radius 1 is 1.08 bits per heavy atom. The van der Waals surface area contributed by atoms with Crippen molar-refractivity contribution >= 4 is 35.1 Å². The Labute approximate surface area is 149 Å². The van der Waals surface area contributed by atoms with Crippen molar-refractivity contribution in [2.75, 3.05) is 17.6 Å². The van der Waals surface area contributed by atoms with E-state index in [1.54, 1.807) is 6.08 Å². The number of methoxy groups -OCH3 is 1. The Morgan fingerprint density at radius 2 is 1.76 bits per heavy atom. The van der Waals surface area contributed by atoms with Gasteiger partial charge in [-0.2, -0.15) is 0 Å². The quantitative estimate of drug-likeness (QED) is 0.331. The van der Waals surface area contributed by atoms with Gasteiger partial charge in [-0.15, -0.1) is 0 Å². The van der Waals surface area contributed by atoms with Gasteiger partial charge in [0.15, 0.2) is 0 Å². The predicted molar refractivity (Wildman–Crippen MR) is 106 cm³/mol. The number of ether oxygens (including phenoxy) is 1. The lowest BCUT2D eigenvalue weighted by Gasteiger charge is -2.28. The molecule has 5 heteroatoms. The van der Waals surface area contributed by atoms with Crippen LogP contribution in [-0.2, 0) is 9.53 Å². The van der Waals surface area contributed by atoms with Crippen molar-refractivity contribution in [3.63, 3.8) is 0 Å². The number of unbranched alkanes of at least 4 members (excludes halogenated alkanes) is 3. The maximum atomic E-state index is 11.8. The SMILES string of the molecule is CCCCCC/C(=C\C(=O)OC)B1Nc2cccc3cccc(c23)N1. The van der Waals surface area contributed by atoms with Gasteiger partial charge in [-0.05, 0) is 29.4 Å². The minimum absolute atomic E-state index is 0.0961. The molecular weight excluding hydrogens is 311 g/mol. The molecule has 0 spiro atoms. The monoisotopic (exact) mass is 336 g/mol. The number of anilines is 2.